The number of phenolic OH excluding ortho intramolecular Hbond substituents is 1. The van der Waals surface area contributed by atoms with Crippen LogP contribution in [-0.4, -0.2) is 48.5 Å². The summed E-state index contributed by atoms with van der Waals surface area (Å²) in [6.07, 6.45) is 0. The number of rotatable bonds is 3. The van der Waals surface area contributed by atoms with Crippen LogP contribution in [-0.2, 0) is 4.79 Å². The van der Waals surface area contributed by atoms with Crippen molar-refractivity contribution in [1.82, 2.24) is 4.90 Å². The molecular weight excluding hydrogens is 252 g/mol. The summed E-state index contributed by atoms with van der Waals surface area (Å²) in [7, 11) is 0. The van der Waals surface area contributed by atoms with E-state index in [1.807, 2.05) is 39.0 Å². The summed E-state index contributed by atoms with van der Waals surface area (Å²) in [4.78, 5) is 16.4. The SMILES string of the molecule is CC(C)(C)C(=O)CN1CCN(c2ccccc2O)CC1. The monoisotopic (exact) mass is 276 g/mol. The van der Waals surface area contributed by atoms with Crippen molar-refractivity contribution in [2.45, 2.75) is 20.8 Å². The van der Waals surface area contributed by atoms with Crippen molar-refractivity contribution < 1.29 is 9.90 Å². The Morgan fingerprint density at radius 2 is 1.75 bits per heavy atom. The molecule has 1 N–H and O–H groups in total. The number of aromatic hydroxyl groups is 1. The molecule has 1 aliphatic heterocycles. The molecule has 1 aromatic rings. The second-order valence-corrected chi connectivity index (χ2v) is 6.43. The quantitative estimate of drug-likeness (QED) is 0.918. The Morgan fingerprint density at radius 1 is 1.15 bits per heavy atom. The van der Waals surface area contributed by atoms with Crippen molar-refractivity contribution in [3.8, 4) is 5.75 Å². The van der Waals surface area contributed by atoms with Crippen LogP contribution in [0.25, 0.3) is 0 Å². The Morgan fingerprint density at radius 3 is 2.30 bits per heavy atom. The van der Waals surface area contributed by atoms with Gasteiger partial charge in [0.2, 0.25) is 0 Å². The normalized spacial score (nSPS) is 17.2. The number of benzene rings is 1. The van der Waals surface area contributed by atoms with Crippen molar-refractivity contribution in [3.63, 3.8) is 0 Å². The average Bonchev–Trinajstić information content (AvgIpc) is 2.39. The minimum atomic E-state index is -0.269. The highest BCUT2D eigenvalue weighted by atomic mass is 16.3. The minimum absolute atomic E-state index is 0.269. The molecule has 110 valence electrons. The average molecular weight is 276 g/mol. The van der Waals surface area contributed by atoms with E-state index in [4.69, 9.17) is 0 Å². The third kappa shape index (κ3) is 3.51. The molecule has 20 heavy (non-hydrogen) atoms. The molecule has 1 fully saturated rings. The van der Waals surface area contributed by atoms with Gasteiger partial charge in [0.1, 0.15) is 5.75 Å². The van der Waals surface area contributed by atoms with E-state index in [1.54, 1.807) is 6.07 Å². The van der Waals surface area contributed by atoms with Crippen LogP contribution in [0.2, 0.25) is 0 Å². The first-order valence-corrected chi connectivity index (χ1v) is 7.16. The zero-order valence-corrected chi connectivity index (χ0v) is 12.6. The largest absolute Gasteiger partial charge is 0.506 e. The number of Topliss-reactive ketones (excluding diaryl/α,β-unsaturated/α-hetero) is 1. The predicted molar refractivity (Wildman–Crippen MR) is 81.2 cm³/mol. The fourth-order valence-electron chi connectivity index (χ4n) is 2.32. The summed E-state index contributed by atoms with van der Waals surface area (Å²) >= 11 is 0. The Hall–Kier alpha value is -1.55. The Bertz CT molecular complexity index is 472. The standard InChI is InChI=1S/C16H24N2O2/c1-16(2,3)15(20)12-17-8-10-18(11-9-17)13-6-4-5-7-14(13)19/h4-7,19H,8-12H2,1-3H3. The molecule has 0 bridgehead atoms. The number of anilines is 1. The van der Waals surface area contributed by atoms with Crippen molar-refractivity contribution >= 4 is 11.5 Å². The number of hydrogen-bond donors (Lipinski definition) is 1. The maximum atomic E-state index is 12.0. The third-order valence-electron chi connectivity index (χ3n) is 3.80. The van der Waals surface area contributed by atoms with Crippen molar-refractivity contribution in [3.05, 3.63) is 24.3 Å². The van der Waals surface area contributed by atoms with Gasteiger partial charge in [0.25, 0.3) is 0 Å². The molecule has 0 unspecified atom stereocenters. The molecule has 4 nitrogen and oxygen atoms in total. The maximum Gasteiger partial charge on any atom is 0.152 e. The van der Waals surface area contributed by atoms with Crippen LogP contribution in [0.15, 0.2) is 24.3 Å². The highest BCUT2D eigenvalue weighted by molar-refractivity contribution is 5.85. The number of carbonyl (C=O) groups excluding carboxylic acids is 1. The summed E-state index contributed by atoms with van der Waals surface area (Å²) in [6.45, 7) is 9.82. The zero-order valence-electron chi connectivity index (χ0n) is 12.6. The van der Waals surface area contributed by atoms with E-state index < -0.39 is 0 Å². The number of para-hydroxylation sites is 2. The summed E-state index contributed by atoms with van der Waals surface area (Å²) in [5, 5.41) is 9.87. The lowest BCUT2D eigenvalue weighted by Crippen LogP contribution is -2.49. The second kappa shape index (κ2) is 5.83. The summed E-state index contributed by atoms with van der Waals surface area (Å²) < 4.78 is 0. The molecule has 0 spiro atoms. The minimum Gasteiger partial charge on any atom is -0.506 e. The fraction of sp³-hybridized carbons (Fsp3) is 0.562. The highest BCUT2D eigenvalue weighted by Crippen LogP contribution is 2.27. The highest BCUT2D eigenvalue weighted by Gasteiger charge is 2.26. The van der Waals surface area contributed by atoms with Gasteiger partial charge in [-0.15, -0.1) is 0 Å². The van der Waals surface area contributed by atoms with Gasteiger partial charge in [-0.3, -0.25) is 9.69 Å². The summed E-state index contributed by atoms with van der Waals surface area (Å²) in [6, 6.07) is 7.41. The Labute approximate surface area is 121 Å². The van der Waals surface area contributed by atoms with Gasteiger partial charge < -0.3 is 10.0 Å². The van der Waals surface area contributed by atoms with Crippen LogP contribution < -0.4 is 4.90 Å². The van der Waals surface area contributed by atoms with Gasteiger partial charge in [-0.25, -0.2) is 0 Å². The van der Waals surface area contributed by atoms with Crippen LogP contribution in [0.1, 0.15) is 20.8 Å². The van der Waals surface area contributed by atoms with Crippen LogP contribution in [0.4, 0.5) is 5.69 Å². The number of phenols is 1. The molecule has 0 aliphatic carbocycles. The lowest BCUT2D eigenvalue weighted by Gasteiger charge is -2.36. The van der Waals surface area contributed by atoms with Crippen molar-refractivity contribution in [2.75, 3.05) is 37.6 Å². The van der Waals surface area contributed by atoms with Crippen molar-refractivity contribution in [2.24, 2.45) is 5.41 Å². The lowest BCUT2D eigenvalue weighted by molar-refractivity contribution is -0.127. The van der Waals surface area contributed by atoms with Crippen LogP contribution >= 0.6 is 0 Å². The fourth-order valence-corrected chi connectivity index (χ4v) is 2.32. The number of nitrogens with zero attached hydrogens (tertiary/aromatic N) is 2. The molecule has 4 heteroatoms. The van der Waals surface area contributed by atoms with Gasteiger partial charge in [-0.2, -0.15) is 0 Å². The number of ketones is 1. The van der Waals surface area contributed by atoms with E-state index in [-0.39, 0.29) is 11.2 Å². The first-order chi connectivity index (χ1) is 9.38. The van der Waals surface area contributed by atoms with Crippen LogP contribution in [0.3, 0.4) is 0 Å². The molecule has 1 saturated heterocycles. The van der Waals surface area contributed by atoms with E-state index in [1.165, 1.54) is 0 Å². The molecule has 1 aliphatic rings. The van der Waals surface area contributed by atoms with Crippen molar-refractivity contribution in [1.29, 1.82) is 0 Å². The second-order valence-electron chi connectivity index (χ2n) is 6.43. The van der Waals surface area contributed by atoms with Gasteiger partial charge in [-0.1, -0.05) is 32.9 Å². The zero-order chi connectivity index (χ0) is 14.8. The van der Waals surface area contributed by atoms with Gasteiger partial charge in [0.05, 0.1) is 12.2 Å². The summed E-state index contributed by atoms with van der Waals surface area (Å²) in [5.74, 6) is 0.611. The molecular formula is C16H24N2O2. The molecule has 1 aromatic carbocycles. The maximum absolute atomic E-state index is 12.0. The van der Waals surface area contributed by atoms with E-state index in [9.17, 15) is 9.90 Å². The number of piperazine rings is 1. The smallest absolute Gasteiger partial charge is 0.152 e. The molecule has 0 radical (unpaired) electrons. The third-order valence-corrected chi connectivity index (χ3v) is 3.80. The van der Waals surface area contributed by atoms with Gasteiger partial charge in [-0.05, 0) is 12.1 Å². The topological polar surface area (TPSA) is 43.8 Å². The Kier molecular flexibility index (Phi) is 4.33. The van der Waals surface area contributed by atoms with Gasteiger partial charge in [0, 0.05) is 31.6 Å². The number of carbonyl (C=O) groups is 1. The Balaban J connectivity index is 1.90. The first-order valence-electron chi connectivity index (χ1n) is 7.16. The molecule has 0 atom stereocenters. The summed E-state index contributed by atoms with van der Waals surface area (Å²) in [5.41, 5.74) is 0.615. The molecule has 0 saturated carbocycles. The van der Waals surface area contributed by atoms with Crippen LogP contribution in [0.5, 0.6) is 5.75 Å². The molecule has 0 aromatic heterocycles. The van der Waals surface area contributed by atoms with E-state index in [0.29, 0.717) is 12.3 Å². The lowest BCUT2D eigenvalue weighted by atomic mass is 9.90. The van der Waals surface area contributed by atoms with Crippen LogP contribution in [0, 0.1) is 5.41 Å². The van der Waals surface area contributed by atoms with E-state index in [0.717, 1.165) is 31.9 Å². The first kappa shape index (κ1) is 14.9. The van der Waals surface area contributed by atoms with E-state index in [2.05, 4.69) is 9.80 Å². The number of hydrogen-bond acceptors (Lipinski definition) is 4. The van der Waals surface area contributed by atoms with Gasteiger partial charge in [0.15, 0.2) is 5.78 Å². The van der Waals surface area contributed by atoms with E-state index >= 15 is 0 Å². The predicted octanol–water partition coefficient (Wildman–Crippen LogP) is 2.13. The molecule has 0 amide bonds. The molecule has 2 rings (SSSR count). The molecule has 1 heterocycles. The van der Waals surface area contributed by atoms with Gasteiger partial charge >= 0.3 is 0 Å².